The van der Waals surface area contributed by atoms with Crippen molar-refractivity contribution in [3.63, 3.8) is 0 Å². The zero-order valence-corrected chi connectivity index (χ0v) is 15.0. The highest BCUT2D eigenvalue weighted by Crippen LogP contribution is 2.34. The monoisotopic (exact) mass is 391 g/mol. The van der Waals surface area contributed by atoms with E-state index in [2.05, 4.69) is 5.32 Å². The lowest BCUT2D eigenvalue weighted by atomic mass is 10.1. The number of nitrogens with one attached hydrogen (secondary N) is 1. The molecule has 0 fully saturated rings. The van der Waals surface area contributed by atoms with Crippen molar-refractivity contribution in [3.05, 3.63) is 69.6 Å². The second-order valence-corrected chi connectivity index (χ2v) is 6.35. The van der Waals surface area contributed by atoms with E-state index in [1.807, 2.05) is 19.9 Å². The number of carbonyl (C=O) groups is 1. The van der Waals surface area contributed by atoms with Crippen LogP contribution in [-0.2, 0) is 11.0 Å². The van der Waals surface area contributed by atoms with Gasteiger partial charge in [0.2, 0.25) is 0 Å². The van der Waals surface area contributed by atoms with Crippen LogP contribution < -0.4 is 15.7 Å². The van der Waals surface area contributed by atoms with E-state index in [9.17, 15) is 22.8 Å². The van der Waals surface area contributed by atoms with Crippen LogP contribution in [0.25, 0.3) is 11.0 Å². The Morgan fingerprint density at radius 3 is 2.39 bits per heavy atom. The summed E-state index contributed by atoms with van der Waals surface area (Å²) in [7, 11) is 0. The lowest BCUT2D eigenvalue weighted by Gasteiger charge is -2.11. The van der Waals surface area contributed by atoms with E-state index in [1.165, 1.54) is 6.07 Å². The first kappa shape index (κ1) is 19.5. The minimum atomic E-state index is -4.69. The number of aryl methyl sites for hydroxylation is 2. The van der Waals surface area contributed by atoms with Crippen LogP contribution >= 0.6 is 0 Å². The number of anilines is 1. The summed E-state index contributed by atoms with van der Waals surface area (Å²) >= 11 is 0. The maximum atomic E-state index is 13.1. The summed E-state index contributed by atoms with van der Waals surface area (Å²) in [5.41, 5.74) is 0.113. The van der Waals surface area contributed by atoms with Crippen molar-refractivity contribution < 1.29 is 27.1 Å². The van der Waals surface area contributed by atoms with Crippen molar-refractivity contribution in [1.82, 2.24) is 0 Å². The van der Waals surface area contributed by atoms with E-state index in [4.69, 9.17) is 9.15 Å². The summed E-state index contributed by atoms with van der Waals surface area (Å²) in [6, 6.07) is 9.53. The zero-order valence-electron chi connectivity index (χ0n) is 15.0. The minimum Gasteiger partial charge on any atom is -0.484 e. The number of hydrogen-bond acceptors (Lipinski definition) is 4. The molecule has 1 amide bonds. The van der Waals surface area contributed by atoms with Gasteiger partial charge in [0.05, 0.1) is 5.56 Å². The standard InChI is InChI=1S/C20H16F3NO4/c1-11-5-12(2)7-13(6-11)24-18(25)10-27-14-3-4-15-16(20(21,22)23)9-19(26)28-17(15)8-14/h3-9H,10H2,1-2H3,(H,24,25). The quantitative estimate of drug-likeness (QED) is 0.668. The molecule has 3 aromatic rings. The van der Waals surface area contributed by atoms with Gasteiger partial charge >= 0.3 is 11.8 Å². The lowest BCUT2D eigenvalue weighted by Crippen LogP contribution is -2.20. The van der Waals surface area contributed by atoms with Crippen LogP contribution in [0.4, 0.5) is 18.9 Å². The number of carbonyl (C=O) groups excluding carboxylic acids is 1. The average molecular weight is 391 g/mol. The molecule has 0 saturated carbocycles. The maximum Gasteiger partial charge on any atom is 0.417 e. The molecule has 3 rings (SSSR count). The average Bonchev–Trinajstić information content (AvgIpc) is 2.57. The predicted octanol–water partition coefficient (Wildman–Crippen LogP) is 4.45. The van der Waals surface area contributed by atoms with Gasteiger partial charge in [0.15, 0.2) is 6.61 Å². The van der Waals surface area contributed by atoms with Crippen molar-refractivity contribution >= 4 is 22.6 Å². The molecular formula is C20H16F3NO4. The number of alkyl halides is 3. The summed E-state index contributed by atoms with van der Waals surface area (Å²) < 4.78 is 49.3. The molecule has 0 aliphatic heterocycles. The summed E-state index contributed by atoms with van der Waals surface area (Å²) in [6.07, 6.45) is -4.69. The molecule has 1 heterocycles. The molecule has 0 radical (unpaired) electrons. The molecule has 8 heteroatoms. The van der Waals surface area contributed by atoms with Crippen molar-refractivity contribution in [2.45, 2.75) is 20.0 Å². The molecule has 0 aliphatic carbocycles. The first-order chi connectivity index (χ1) is 13.1. The molecular weight excluding hydrogens is 375 g/mol. The number of amides is 1. The second-order valence-electron chi connectivity index (χ2n) is 6.35. The Morgan fingerprint density at radius 1 is 1.07 bits per heavy atom. The van der Waals surface area contributed by atoms with Crippen LogP contribution in [0.1, 0.15) is 16.7 Å². The molecule has 0 spiro atoms. The molecule has 1 N–H and O–H groups in total. The first-order valence-electron chi connectivity index (χ1n) is 8.28. The van der Waals surface area contributed by atoms with Gasteiger partial charge in [-0.05, 0) is 49.2 Å². The highest BCUT2D eigenvalue weighted by atomic mass is 19.4. The van der Waals surface area contributed by atoms with Gasteiger partial charge in [0, 0.05) is 23.2 Å². The fraction of sp³-hybridized carbons (Fsp3) is 0.200. The molecule has 28 heavy (non-hydrogen) atoms. The van der Waals surface area contributed by atoms with Gasteiger partial charge in [0.25, 0.3) is 5.91 Å². The Bertz CT molecular complexity index is 1080. The van der Waals surface area contributed by atoms with Gasteiger partial charge < -0.3 is 14.5 Å². The Labute approximate surface area is 157 Å². The number of rotatable bonds is 4. The Balaban J connectivity index is 1.76. The Kier molecular flexibility index (Phi) is 5.13. The van der Waals surface area contributed by atoms with Crippen LogP contribution in [-0.4, -0.2) is 12.5 Å². The summed E-state index contributed by atoms with van der Waals surface area (Å²) in [6.45, 7) is 3.44. The van der Waals surface area contributed by atoms with Gasteiger partial charge in [-0.2, -0.15) is 13.2 Å². The van der Waals surface area contributed by atoms with Gasteiger partial charge in [-0.25, -0.2) is 4.79 Å². The Hall–Kier alpha value is -3.29. The third-order valence-electron chi connectivity index (χ3n) is 3.90. The fourth-order valence-corrected chi connectivity index (χ4v) is 2.86. The zero-order chi connectivity index (χ0) is 20.5. The van der Waals surface area contributed by atoms with Gasteiger partial charge in [0.1, 0.15) is 11.3 Å². The summed E-state index contributed by atoms with van der Waals surface area (Å²) in [5, 5.41) is 2.42. The number of benzene rings is 2. The highest BCUT2D eigenvalue weighted by Gasteiger charge is 2.33. The fourth-order valence-electron chi connectivity index (χ4n) is 2.86. The molecule has 146 valence electrons. The maximum absolute atomic E-state index is 13.1. The minimum absolute atomic E-state index is 0.102. The van der Waals surface area contributed by atoms with Crippen molar-refractivity contribution in [2.75, 3.05) is 11.9 Å². The number of hydrogen-bond donors (Lipinski definition) is 1. The van der Waals surface area contributed by atoms with Crippen LogP contribution in [0.3, 0.4) is 0 Å². The molecule has 0 atom stereocenters. The second kappa shape index (κ2) is 7.38. The van der Waals surface area contributed by atoms with E-state index in [1.54, 1.807) is 12.1 Å². The lowest BCUT2D eigenvalue weighted by molar-refractivity contribution is -0.136. The summed E-state index contributed by atoms with van der Waals surface area (Å²) in [4.78, 5) is 23.5. The van der Waals surface area contributed by atoms with E-state index in [0.29, 0.717) is 11.8 Å². The van der Waals surface area contributed by atoms with E-state index >= 15 is 0 Å². The number of halogens is 3. The summed E-state index contributed by atoms with van der Waals surface area (Å²) in [5.74, 6) is -0.332. The number of fused-ring (bicyclic) bond motifs is 1. The molecule has 0 aliphatic rings. The normalized spacial score (nSPS) is 11.5. The van der Waals surface area contributed by atoms with Gasteiger partial charge in [-0.15, -0.1) is 0 Å². The molecule has 0 saturated heterocycles. The van der Waals surface area contributed by atoms with E-state index in [-0.39, 0.29) is 23.3 Å². The number of ether oxygens (including phenoxy) is 1. The predicted molar refractivity (Wildman–Crippen MR) is 97.5 cm³/mol. The van der Waals surface area contributed by atoms with Crippen LogP contribution in [0.2, 0.25) is 0 Å². The molecule has 2 aromatic carbocycles. The third-order valence-corrected chi connectivity index (χ3v) is 3.90. The molecule has 0 unspecified atom stereocenters. The molecule has 0 bridgehead atoms. The first-order valence-corrected chi connectivity index (χ1v) is 8.28. The van der Waals surface area contributed by atoms with Gasteiger partial charge in [-0.3, -0.25) is 4.79 Å². The SMILES string of the molecule is Cc1cc(C)cc(NC(=O)COc2ccc3c(C(F)(F)F)cc(=O)oc3c2)c1. The van der Waals surface area contributed by atoms with Crippen molar-refractivity contribution in [2.24, 2.45) is 0 Å². The van der Waals surface area contributed by atoms with Crippen LogP contribution in [0.5, 0.6) is 5.75 Å². The van der Waals surface area contributed by atoms with E-state index in [0.717, 1.165) is 23.3 Å². The topological polar surface area (TPSA) is 68.5 Å². The smallest absolute Gasteiger partial charge is 0.417 e. The highest BCUT2D eigenvalue weighted by molar-refractivity contribution is 5.92. The van der Waals surface area contributed by atoms with Crippen molar-refractivity contribution in [1.29, 1.82) is 0 Å². The molecule has 1 aromatic heterocycles. The van der Waals surface area contributed by atoms with Gasteiger partial charge in [-0.1, -0.05) is 6.07 Å². The van der Waals surface area contributed by atoms with Crippen LogP contribution in [0.15, 0.2) is 51.7 Å². The van der Waals surface area contributed by atoms with E-state index < -0.39 is 23.3 Å². The third kappa shape index (κ3) is 4.51. The largest absolute Gasteiger partial charge is 0.484 e. The van der Waals surface area contributed by atoms with Crippen molar-refractivity contribution in [3.8, 4) is 5.75 Å². The molecule has 5 nitrogen and oxygen atoms in total. The van der Waals surface area contributed by atoms with Crippen LogP contribution in [0, 0.1) is 13.8 Å². The Morgan fingerprint density at radius 2 is 1.75 bits per heavy atom.